The lowest BCUT2D eigenvalue weighted by Crippen LogP contribution is -2.40. The van der Waals surface area contributed by atoms with Gasteiger partial charge in [-0.1, -0.05) is 25.5 Å². The highest BCUT2D eigenvalue weighted by atomic mass is 79.9. The number of unbranched alkanes of at least 4 members (excludes halogenated alkanes) is 1. The van der Waals surface area contributed by atoms with Gasteiger partial charge in [-0.25, -0.2) is 9.13 Å². The van der Waals surface area contributed by atoms with E-state index in [1.54, 1.807) is 32.4 Å². The SMILES string of the molecule is Br.CCCCn1c(N)[n+](CC(=O)c2ccc(OC)c(OC)c2)c2ccccc21. The van der Waals surface area contributed by atoms with Crippen molar-refractivity contribution in [3.8, 4) is 11.5 Å². The van der Waals surface area contributed by atoms with Crippen LogP contribution in [0, 0.1) is 0 Å². The number of aromatic nitrogens is 2. The Morgan fingerprint density at radius 1 is 1.11 bits per heavy atom. The fourth-order valence-corrected chi connectivity index (χ4v) is 3.28. The molecule has 7 heteroatoms. The number of aryl methyl sites for hydroxylation is 1. The highest BCUT2D eigenvalue weighted by Gasteiger charge is 2.23. The van der Waals surface area contributed by atoms with Crippen LogP contribution in [0.5, 0.6) is 11.5 Å². The topological polar surface area (TPSA) is 70.4 Å². The number of Topliss-reactive ketones (excluding diaryl/α,β-unsaturated/α-hetero) is 1. The molecule has 1 heterocycles. The van der Waals surface area contributed by atoms with Crippen LogP contribution in [-0.2, 0) is 13.1 Å². The summed E-state index contributed by atoms with van der Waals surface area (Å²) in [7, 11) is 3.13. The number of ketones is 1. The first-order valence-electron chi connectivity index (χ1n) is 9.12. The van der Waals surface area contributed by atoms with E-state index in [4.69, 9.17) is 15.2 Å². The van der Waals surface area contributed by atoms with E-state index in [9.17, 15) is 4.79 Å². The third-order valence-corrected chi connectivity index (χ3v) is 4.76. The Bertz CT molecular complexity index is 969. The fraction of sp³-hybridized carbons (Fsp3) is 0.333. The number of rotatable bonds is 8. The van der Waals surface area contributed by atoms with E-state index in [0.717, 1.165) is 30.4 Å². The lowest BCUT2D eigenvalue weighted by atomic mass is 10.1. The molecular formula is C21H27BrN3O3+. The zero-order valence-corrected chi connectivity index (χ0v) is 18.2. The van der Waals surface area contributed by atoms with Gasteiger partial charge in [-0.05, 0) is 36.8 Å². The third kappa shape index (κ3) is 4.14. The number of hydrogen-bond donors (Lipinski definition) is 1. The van der Waals surface area contributed by atoms with E-state index >= 15 is 0 Å². The molecule has 1 aromatic heterocycles. The maximum Gasteiger partial charge on any atom is 0.356 e. The van der Waals surface area contributed by atoms with Gasteiger partial charge in [0.25, 0.3) is 0 Å². The molecule has 0 aliphatic carbocycles. The summed E-state index contributed by atoms with van der Waals surface area (Å²) in [5.74, 6) is 1.69. The van der Waals surface area contributed by atoms with Crippen LogP contribution < -0.4 is 19.8 Å². The first kappa shape index (κ1) is 21.8. The van der Waals surface area contributed by atoms with Crippen molar-refractivity contribution in [1.29, 1.82) is 0 Å². The molecule has 6 nitrogen and oxygen atoms in total. The summed E-state index contributed by atoms with van der Waals surface area (Å²) in [5.41, 5.74) is 8.98. The number of methoxy groups -OCH3 is 2. The van der Waals surface area contributed by atoms with Gasteiger partial charge in [0.15, 0.2) is 17.3 Å². The minimum atomic E-state index is -0.0361. The van der Waals surface area contributed by atoms with Crippen LogP contribution in [0.2, 0.25) is 0 Å². The minimum absolute atomic E-state index is 0. The van der Waals surface area contributed by atoms with E-state index < -0.39 is 0 Å². The molecule has 0 unspecified atom stereocenters. The number of carbonyl (C=O) groups is 1. The second-order valence-electron chi connectivity index (χ2n) is 6.43. The molecule has 0 amide bonds. The Labute approximate surface area is 175 Å². The number of anilines is 1. The number of para-hydroxylation sites is 2. The summed E-state index contributed by atoms with van der Waals surface area (Å²) < 4.78 is 14.5. The van der Waals surface area contributed by atoms with Crippen molar-refractivity contribution < 1.29 is 18.8 Å². The Balaban J connectivity index is 0.00000280. The summed E-state index contributed by atoms with van der Waals surface area (Å²) in [6.07, 6.45) is 2.11. The lowest BCUT2D eigenvalue weighted by Gasteiger charge is -2.09. The van der Waals surface area contributed by atoms with Crippen LogP contribution in [0.4, 0.5) is 5.95 Å². The summed E-state index contributed by atoms with van der Waals surface area (Å²) >= 11 is 0. The van der Waals surface area contributed by atoms with Crippen molar-refractivity contribution in [2.24, 2.45) is 0 Å². The van der Waals surface area contributed by atoms with Crippen LogP contribution in [0.15, 0.2) is 42.5 Å². The zero-order chi connectivity index (χ0) is 19.4. The van der Waals surface area contributed by atoms with Crippen LogP contribution in [0.1, 0.15) is 30.1 Å². The van der Waals surface area contributed by atoms with Crippen LogP contribution >= 0.6 is 17.0 Å². The second-order valence-corrected chi connectivity index (χ2v) is 6.43. The summed E-state index contributed by atoms with van der Waals surface area (Å²) in [4.78, 5) is 12.9. The standard InChI is InChI=1S/C21H25N3O3.BrH/c1-4-5-12-23-16-8-6-7-9-17(16)24(21(23)22)14-18(25)15-10-11-19(26-2)20(13-15)27-3;/h6-11,13,22H,4-5,12,14H2,1-3H3;1H/p+1. The number of nitrogen functional groups attached to an aromatic ring is 1. The molecule has 0 bridgehead atoms. The first-order chi connectivity index (χ1) is 13.1. The molecule has 2 aromatic carbocycles. The van der Waals surface area contributed by atoms with Gasteiger partial charge < -0.3 is 9.47 Å². The maximum atomic E-state index is 12.9. The van der Waals surface area contributed by atoms with Gasteiger partial charge in [-0.3, -0.25) is 10.5 Å². The number of imidazole rings is 1. The normalized spacial score (nSPS) is 10.5. The molecule has 150 valence electrons. The van der Waals surface area contributed by atoms with Gasteiger partial charge in [0.1, 0.15) is 17.6 Å². The number of ether oxygens (including phenoxy) is 2. The van der Waals surface area contributed by atoms with Gasteiger partial charge >= 0.3 is 5.95 Å². The molecule has 0 saturated carbocycles. The summed E-state index contributed by atoms with van der Waals surface area (Å²) in [6, 6.07) is 13.2. The van der Waals surface area contributed by atoms with E-state index in [2.05, 4.69) is 11.5 Å². The summed E-state index contributed by atoms with van der Waals surface area (Å²) in [5, 5.41) is 0. The lowest BCUT2D eigenvalue weighted by molar-refractivity contribution is -0.642. The number of hydrogen-bond acceptors (Lipinski definition) is 4. The van der Waals surface area contributed by atoms with Crippen LogP contribution in [-0.4, -0.2) is 24.6 Å². The van der Waals surface area contributed by atoms with Crippen molar-refractivity contribution in [2.75, 3.05) is 20.0 Å². The molecule has 3 aromatic rings. The molecule has 0 spiro atoms. The molecule has 0 aliphatic heterocycles. The average molecular weight is 449 g/mol. The molecule has 2 N–H and O–H groups in total. The number of nitrogens with two attached hydrogens (primary N) is 1. The van der Waals surface area contributed by atoms with Crippen molar-refractivity contribution >= 4 is 39.7 Å². The zero-order valence-electron chi connectivity index (χ0n) is 16.5. The Morgan fingerprint density at radius 2 is 1.82 bits per heavy atom. The maximum absolute atomic E-state index is 12.9. The van der Waals surface area contributed by atoms with Crippen LogP contribution in [0.3, 0.4) is 0 Å². The number of nitrogens with zero attached hydrogens (tertiary/aromatic N) is 2. The first-order valence-corrected chi connectivity index (χ1v) is 9.12. The van der Waals surface area contributed by atoms with Gasteiger partial charge in [-0.15, -0.1) is 17.0 Å². The van der Waals surface area contributed by atoms with Gasteiger partial charge in [0.2, 0.25) is 0 Å². The number of benzene rings is 2. The molecule has 0 aliphatic rings. The Morgan fingerprint density at radius 3 is 2.50 bits per heavy atom. The van der Waals surface area contributed by atoms with E-state index in [1.165, 1.54) is 0 Å². The highest BCUT2D eigenvalue weighted by Crippen LogP contribution is 2.28. The minimum Gasteiger partial charge on any atom is -0.493 e. The molecule has 0 saturated heterocycles. The molecule has 0 radical (unpaired) electrons. The van der Waals surface area contributed by atoms with Crippen LogP contribution in [0.25, 0.3) is 11.0 Å². The Kier molecular flexibility index (Phi) is 7.45. The molecule has 3 rings (SSSR count). The Hall–Kier alpha value is -2.54. The summed E-state index contributed by atoms with van der Waals surface area (Å²) in [6.45, 7) is 3.15. The number of halogens is 1. The van der Waals surface area contributed by atoms with Gasteiger partial charge in [-0.2, -0.15) is 0 Å². The van der Waals surface area contributed by atoms with E-state index in [1.807, 2.05) is 28.8 Å². The average Bonchev–Trinajstić information content (AvgIpc) is 2.97. The fourth-order valence-electron chi connectivity index (χ4n) is 3.28. The van der Waals surface area contributed by atoms with E-state index in [-0.39, 0.29) is 29.3 Å². The third-order valence-electron chi connectivity index (χ3n) is 4.76. The monoisotopic (exact) mass is 448 g/mol. The van der Waals surface area contributed by atoms with Crippen molar-refractivity contribution in [3.05, 3.63) is 48.0 Å². The predicted molar refractivity (Wildman–Crippen MR) is 116 cm³/mol. The smallest absolute Gasteiger partial charge is 0.356 e. The van der Waals surface area contributed by atoms with Crippen molar-refractivity contribution in [2.45, 2.75) is 32.9 Å². The van der Waals surface area contributed by atoms with Gasteiger partial charge in [0, 0.05) is 5.56 Å². The highest BCUT2D eigenvalue weighted by molar-refractivity contribution is 8.93. The quantitative estimate of drug-likeness (QED) is 0.420. The molecule has 0 atom stereocenters. The number of carbonyl (C=O) groups excluding carboxylic acids is 1. The van der Waals surface area contributed by atoms with E-state index in [0.29, 0.717) is 23.0 Å². The molecule has 0 fully saturated rings. The molecule has 28 heavy (non-hydrogen) atoms. The number of fused-ring (bicyclic) bond motifs is 1. The molecular weight excluding hydrogens is 422 g/mol. The second kappa shape index (κ2) is 9.59. The van der Waals surface area contributed by atoms with Gasteiger partial charge in [0.05, 0.1) is 20.8 Å². The van der Waals surface area contributed by atoms with Crippen molar-refractivity contribution in [3.63, 3.8) is 0 Å². The largest absolute Gasteiger partial charge is 0.493 e. The van der Waals surface area contributed by atoms with Crippen molar-refractivity contribution in [1.82, 2.24) is 4.57 Å². The predicted octanol–water partition coefficient (Wildman–Crippen LogP) is 3.79.